The molecule has 0 radical (unpaired) electrons. The summed E-state index contributed by atoms with van der Waals surface area (Å²) in [6.45, 7) is 4.58. The molecule has 0 bridgehead atoms. The van der Waals surface area contributed by atoms with Crippen LogP contribution in [0.25, 0.3) is 0 Å². The van der Waals surface area contributed by atoms with Gasteiger partial charge < -0.3 is 0 Å². The summed E-state index contributed by atoms with van der Waals surface area (Å²) >= 11 is 0. The molecule has 0 aromatic heterocycles. The zero-order chi connectivity index (χ0) is 24.6. The topological polar surface area (TPSA) is 0 Å². The third-order valence-corrected chi connectivity index (χ3v) is 8.04. The molecule has 0 heterocycles. The Kier molecular flexibility index (Phi) is 13.1. The van der Waals surface area contributed by atoms with Gasteiger partial charge in [-0.1, -0.05) is 120 Å². The highest BCUT2D eigenvalue weighted by molar-refractivity contribution is 5.49. The van der Waals surface area contributed by atoms with Gasteiger partial charge in [-0.3, -0.25) is 0 Å². The minimum absolute atomic E-state index is 0.759. The lowest BCUT2D eigenvalue weighted by Crippen LogP contribution is -2.13. The number of benzene rings is 1. The van der Waals surface area contributed by atoms with Gasteiger partial charge in [-0.15, -0.1) is 0 Å². The molecule has 3 rings (SSSR count). The Bertz CT molecular complexity index is 859. The Labute approximate surface area is 217 Å². The van der Waals surface area contributed by atoms with E-state index in [0.29, 0.717) is 0 Å². The van der Waals surface area contributed by atoms with E-state index >= 15 is 0 Å². The SMILES string of the molecule is CCCCCCCCC=C1C=CC(C#Cc2ccc(C3CCC(CCCCCC)CC3)cc2)=CC1. The second kappa shape index (κ2) is 16.6. The lowest BCUT2D eigenvalue weighted by Gasteiger charge is -2.29. The molecule has 0 N–H and O–H groups in total. The average molecular weight is 471 g/mol. The van der Waals surface area contributed by atoms with Gasteiger partial charge in [0, 0.05) is 11.1 Å². The predicted molar refractivity (Wildman–Crippen MR) is 155 cm³/mol. The first-order chi connectivity index (χ1) is 17.3. The summed E-state index contributed by atoms with van der Waals surface area (Å²) in [4.78, 5) is 0. The van der Waals surface area contributed by atoms with Crippen LogP contribution in [0.1, 0.15) is 140 Å². The third kappa shape index (κ3) is 10.7. The van der Waals surface area contributed by atoms with Gasteiger partial charge >= 0.3 is 0 Å². The van der Waals surface area contributed by atoms with E-state index in [1.54, 1.807) is 0 Å². The van der Waals surface area contributed by atoms with Gasteiger partial charge in [0.1, 0.15) is 0 Å². The Morgan fingerprint density at radius 1 is 0.743 bits per heavy atom. The molecule has 1 saturated carbocycles. The van der Waals surface area contributed by atoms with Crippen LogP contribution in [0.3, 0.4) is 0 Å². The van der Waals surface area contributed by atoms with Crippen LogP contribution in [0.5, 0.6) is 0 Å². The van der Waals surface area contributed by atoms with Crippen LogP contribution in [0.2, 0.25) is 0 Å². The van der Waals surface area contributed by atoms with Crippen molar-refractivity contribution in [2.45, 2.75) is 129 Å². The van der Waals surface area contributed by atoms with Gasteiger partial charge in [0.15, 0.2) is 0 Å². The molecular formula is C35H50. The molecule has 0 atom stereocenters. The zero-order valence-electron chi connectivity index (χ0n) is 22.8. The fourth-order valence-electron chi connectivity index (χ4n) is 5.64. The maximum atomic E-state index is 3.39. The van der Waals surface area contributed by atoms with Crippen LogP contribution in [-0.4, -0.2) is 0 Å². The summed E-state index contributed by atoms with van der Waals surface area (Å²) in [6.07, 6.45) is 32.3. The van der Waals surface area contributed by atoms with Crippen molar-refractivity contribution in [3.05, 3.63) is 70.8 Å². The van der Waals surface area contributed by atoms with Crippen LogP contribution in [0.4, 0.5) is 0 Å². The molecule has 0 spiro atoms. The average Bonchev–Trinajstić information content (AvgIpc) is 2.91. The highest BCUT2D eigenvalue weighted by Gasteiger charge is 2.21. The number of unbranched alkanes of at least 4 members (excludes halogenated alkanes) is 9. The van der Waals surface area contributed by atoms with Crippen molar-refractivity contribution in [2.24, 2.45) is 5.92 Å². The number of rotatable bonds is 13. The molecule has 0 saturated heterocycles. The van der Waals surface area contributed by atoms with E-state index in [-0.39, 0.29) is 0 Å². The first-order valence-electron chi connectivity index (χ1n) is 15.0. The number of hydrogen-bond donors (Lipinski definition) is 0. The molecule has 1 fully saturated rings. The Balaban J connectivity index is 1.37. The molecule has 0 unspecified atom stereocenters. The van der Waals surface area contributed by atoms with E-state index in [9.17, 15) is 0 Å². The quantitative estimate of drug-likeness (QED) is 0.199. The molecule has 2 aliphatic rings. The summed E-state index contributed by atoms with van der Waals surface area (Å²) in [6, 6.07) is 9.14. The Hall–Kier alpha value is -2.00. The number of allylic oxidation sites excluding steroid dienone is 6. The highest BCUT2D eigenvalue weighted by Crippen LogP contribution is 2.37. The summed E-state index contributed by atoms with van der Waals surface area (Å²) in [5.74, 6) is 8.51. The molecule has 0 aliphatic heterocycles. The maximum absolute atomic E-state index is 3.39. The van der Waals surface area contributed by atoms with E-state index in [2.05, 4.69) is 74.3 Å². The predicted octanol–water partition coefficient (Wildman–Crippen LogP) is 10.8. The smallest absolute Gasteiger partial charge is 0.0249 e. The summed E-state index contributed by atoms with van der Waals surface area (Å²) in [7, 11) is 0. The maximum Gasteiger partial charge on any atom is 0.0249 e. The normalized spacial score (nSPS) is 21.0. The van der Waals surface area contributed by atoms with E-state index in [4.69, 9.17) is 0 Å². The molecule has 1 aromatic carbocycles. The van der Waals surface area contributed by atoms with Crippen molar-refractivity contribution in [1.82, 2.24) is 0 Å². The van der Waals surface area contributed by atoms with Crippen molar-refractivity contribution in [3.63, 3.8) is 0 Å². The van der Waals surface area contributed by atoms with Gasteiger partial charge in [0.05, 0.1) is 0 Å². The monoisotopic (exact) mass is 470 g/mol. The van der Waals surface area contributed by atoms with E-state index in [1.165, 1.54) is 114 Å². The standard InChI is InChI=1S/C35H50/c1-3-5-7-9-10-11-13-15-30-16-18-32(19-17-30)20-21-33-24-28-35(29-25-33)34-26-22-31(23-27-34)14-12-8-6-4-2/h15-16,18-19,24-25,28-29,31,34H,3-14,17,22-23,26-27H2,1-2H3. The van der Waals surface area contributed by atoms with E-state index in [0.717, 1.165) is 29.4 Å². The summed E-state index contributed by atoms with van der Waals surface area (Å²) < 4.78 is 0. The summed E-state index contributed by atoms with van der Waals surface area (Å²) in [5.41, 5.74) is 5.26. The van der Waals surface area contributed by atoms with Gasteiger partial charge in [-0.05, 0) is 86.1 Å². The van der Waals surface area contributed by atoms with E-state index < -0.39 is 0 Å². The number of hydrogen-bond acceptors (Lipinski definition) is 0. The zero-order valence-corrected chi connectivity index (χ0v) is 22.8. The second-order valence-electron chi connectivity index (χ2n) is 11.0. The fourth-order valence-corrected chi connectivity index (χ4v) is 5.64. The molecule has 0 amide bonds. The van der Waals surface area contributed by atoms with Crippen LogP contribution < -0.4 is 0 Å². The van der Waals surface area contributed by atoms with Crippen molar-refractivity contribution in [2.75, 3.05) is 0 Å². The van der Waals surface area contributed by atoms with Crippen LogP contribution >= 0.6 is 0 Å². The molecule has 190 valence electrons. The largest absolute Gasteiger partial charge is 0.0810 e. The van der Waals surface area contributed by atoms with Gasteiger partial charge in [0.25, 0.3) is 0 Å². The summed E-state index contributed by atoms with van der Waals surface area (Å²) in [5, 5.41) is 0. The first-order valence-corrected chi connectivity index (χ1v) is 15.0. The lowest BCUT2D eigenvalue weighted by molar-refractivity contribution is 0.302. The van der Waals surface area contributed by atoms with Crippen molar-refractivity contribution in [1.29, 1.82) is 0 Å². The molecule has 0 heteroatoms. The highest BCUT2D eigenvalue weighted by atomic mass is 14.3. The Morgan fingerprint density at radius 2 is 1.43 bits per heavy atom. The molecule has 2 aliphatic carbocycles. The second-order valence-corrected chi connectivity index (χ2v) is 11.0. The van der Waals surface area contributed by atoms with Crippen LogP contribution in [-0.2, 0) is 0 Å². The van der Waals surface area contributed by atoms with Crippen molar-refractivity contribution in [3.8, 4) is 11.8 Å². The van der Waals surface area contributed by atoms with Gasteiger partial charge in [0.2, 0.25) is 0 Å². The molecule has 0 nitrogen and oxygen atoms in total. The third-order valence-electron chi connectivity index (χ3n) is 8.04. The van der Waals surface area contributed by atoms with Crippen LogP contribution in [0, 0.1) is 17.8 Å². The van der Waals surface area contributed by atoms with Crippen LogP contribution in [0.15, 0.2) is 59.7 Å². The Morgan fingerprint density at radius 3 is 2.11 bits per heavy atom. The first kappa shape index (κ1) is 27.6. The minimum Gasteiger partial charge on any atom is -0.0810 e. The molecule has 1 aromatic rings. The van der Waals surface area contributed by atoms with Gasteiger partial charge in [-0.2, -0.15) is 0 Å². The minimum atomic E-state index is 0.759. The van der Waals surface area contributed by atoms with Gasteiger partial charge in [-0.25, -0.2) is 0 Å². The lowest BCUT2D eigenvalue weighted by atomic mass is 9.77. The van der Waals surface area contributed by atoms with Crippen molar-refractivity contribution < 1.29 is 0 Å². The fraction of sp³-hybridized carbons (Fsp3) is 0.600. The molecular weight excluding hydrogens is 420 g/mol. The van der Waals surface area contributed by atoms with Crippen molar-refractivity contribution >= 4 is 0 Å². The molecule has 35 heavy (non-hydrogen) atoms. The van der Waals surface area contributed by atoms with E-state index in [1.807, 2.05) is 0 Å².